The maximum absolute atomic E-state index is 4.65. The van der Waals surface area contributed by atoms with Crippen LogP contribution in [0.2, 0.25) is 0 Å². The van der Waals surface area contributed by atoms with E-state index in [9.17, 15) is 0 Å². The van der Waals surface area contributed by atoms with E-state index in [1.165, 1.54) is 11.3 Å². The van der Waals surface area contributed by atoms with Crippen molar-refractivity contribution in [1.82, 2.24) is 19.8 Å². The van der Waals surface area contributed by atoms with E-state index in [0.717, 1.165) is 35.9 Å². The van der Waals surface area contributed by atoms with Gasteiger partial charge in [-0.1, -0.05) is 67.5 Å². The zero-order chi connectivity index (χ0) is 15.1. The van der Waals surface area contributed by atoms with Crippen LogP contribution in [0.5, 0.6) is 0 Å². The number of hydrogen-bond acceptors (Lipinski definition) is 4. The third-order valence-electron chi connectivity index (χ3n) is 3.18. The molecule has 0 atom stereocenters. The summed E-state index contributed by atoms with van der Waals surface area (Å²) in [6.45, 7) is 0. The van der Waals surface area contributed by atoms with E-state index >= 15 is 0 Å². The molecule has 7 heteroatoms. The summed E-state index contributed by atoms with van der Waals surface area (Å²) in [5, 5.41) is 14.1. The van der Waals surface area contributed by atoms with Gasteiger partial charge in [0, 0.05) is 20.1 Å². The molecule has 0 saturated carbocycles. The maximum atomic E-state index is 4.65. The lowest BCUT2D eigenvalue weighted by molar-refractivity contribution is 0.970. The Hall–Kier alpha value is -1.57. The van der Waals surface area contributed by atoms with E-state index in [4.69, 9.17) is 0 Å². The first-order valence-corrected chi connectivity index (χ1v) is 8.85. The molecule has 2 aromatic heterocycles. The molecule has 0 unspecified atom stereocenters. The van der Waals surface area contributed by atoms with Gasteiger partial charge >= 0.3 is 0 Å². The third kappa shape index (κ3) is 2.49. The highest BCUT2D eigenvalue weighted by molar-refractivity contribution is 9.10. The van der Waals surface area contributed by atoms with Crippen molar-refractivity contribution in [3.8, 4) is 22.0 Å². The van der Waals surface area contributed by atoms with Crippen LogP contribution in [-0.4, -0.2) is 19.8 Å². The Morgan fingerprint density at radius 2 is 1.36 bits per heavy atom. The average Bonchev–Trinajstić information content (AvgIpc) is 3.09. The topological polar surface area (TPSA) is 43.1 Å². The van der Waals surface area contributed by atoms with Crippen LogP contribution >= 0.6 is 43.2 Å². The molecule has 0 aliphatic carbocycles. The molecule has 0 amide bonds. The molecule has 4 rings (SSSR count). The van der Waals surface area contributed by atoms with Crippen LogP contribution in [0.1, 0.15) is 0 Å². The lowest BCUT2D eigenvalue weighted by Crippen LogP contribution is -1.90. The predicted octanol–water partition coefficient (Wildman–Crippen LogP) is 5.04. The van der Waals surface area contributed by atoms with Crippen molar-refractivity contribution >= 4 is 48.2 Å². The van der Waals surface area contributed by atoms with Crippen molar-refractivity contribution < 1.29 is 0 Å². The highest BCUT2D eigenvalue weighted by Crippen LogP contribution is 2.29. The number of halogens is 2. The molecule has 2 heterocycles. The zero-order valence-electron chi connectivity index (χ0n) is 11.1. The van der Waals surface area contributed by atoms with Gasteiger partial charge in [0.25, 0.3) is 0 Å². The van der Waals surface area contributed by atoms with Crippen LogP contribution in [0.4, 0.5) is 0 Å². The lowest BCUT2D eigenvalue weighted by atomic mass is 10.2. The van der Waals surface area contributed by atoms with Gasteiger partial charge in [0.2, 0.25) is 4.96 Å². The summed E-state index contributed by atoms with van der Waals surface area (Å²) in [5.74, 6) is 0.752. The van der Waals surface area contributed by atoms with E-state index in [-0.39, 0.29) is 0 Å². The van der Waals surface area contributed by atoms with Gasteiger partial charge in [-0.2, -0.15) is 9.61 Å². The van der Waals surface area contributed by atoms with E-state index < -0.39 is 0 Å². The van der Waals surface area contributed by atoms with E-state index in [2.05, 4.69) is 47.2 Å². The molecule has 0 fully saturated rings. The zero-order valence-corrected chi connectivity index (χ0v) is 15.1. The molecule has 0 spiro atoms. The van der Waals surface area contributed by atoms with Crippen molar-refractivity contribution in [2.24, 2.45) is 0 Å². The monoisotopic (exact) mass is 434 g/mol. The Balaban J connectivity index is 1.82. The summed E-state index contributed by atoms with van der Waals surface area (Å²) in [5.41, 5.74) is 2.06. The molecule has 4 aromatic rings. The smallest absolute Gasteiger partial charge is 0.182 e. The van der Waals surface area contributed by atoms with Gasteiger partial charge in [-0.05, 0) is 24.3 Å². The molecule has 0 radical (unpaired) electrons. The Bertz CT molecular complexity index is 942. The average molecular weight is 436 g/mol. The highest BCUT2D eigenvalue weighted by atomic mass is 79.9. The standard InChI is InChI=1S/C15H8Br2N4S/c16-11-5-1-9(2-6-11)13-18-19-15-21(13)20-14(22-15)10-3-7-12(17)8-4-10/h1-8H. The van der Waals surface area contributed by atoms with Crippen LogP contribution in [0.25, 0.3) is 26.9 Å². The Kier molecular flexibility index (Phi) is 3.56. The minimum atomic E-state index is 0.752. The first-order chi connectivity index (χ1) is 10.7. The molecule has 0 saturated heterocycles. The molecule has 22 heavy (non-hydrogen) atoms. The van der Waals surface area contributed by atoms with Crippen molar-refractivity contribution in [1.29, 1.82) is 0 Å². The summed E-state index contributed by atoms with van der Waals surface area (Å²) in [6.07, 6.45) is 0. The predicted molar refractivity (Wildman–Crippen MR) is 94.9 cm³/mol. The first-order valence-electron chi connectivity index (χ1n) is 6.45. The minimum Gasteiger partial charge on any atom is -0.182 e. The van der Waals surface area contributed by atoms with Crippen LogP contribution < -0.4 is 0 Å². The summed E-state index contributed by atoms with van der Waals surface area (Å²) in [4.78, 5) is 0.788. The summed E-state index contributed by atoms with van der Waals surface area (Å²) in [6, 6.07) is 16.1. The highest BCUT2D eigenvalue weighted by Gasteiger charge is 2.14. The van der Waals surface area contributed by atoms with E-state index in [0.29, 0.717) is 0 Å². The molecule has 108 valence electrons. The number of fused-ring (bicyclic) bond motifs is 1. The van der Waals surface area contributed by atoms with Gasteiger partial charge < -0.3 is 0 Å². The minimum absolute atomic E-state index is 0.752. The Labute approximate surface area is 147 Å². The second-order valence-electron chi connectivity index (χ2n) is 4.64. The molecule has 0 N–H and O–H groups in total. The molecule has 0 bridgehead atoms. The molecular weight excluding hydrogens is 428 g/mol. The Morgan fingerprint density at radius 1 is 0.773 bits per heavy atom. The Morgan fingerprint density at radius 3 is 2.00 bits per heavy atom. The lowest BCUT2D eigenvalue weighted by Gasteiger charge is -1.98. The van der Waals surface area contributed by atoms with Crippen LogP contribution in [0.15, 0.2) is 57.5 Å². The largest absolute Gasteiger partial charge is 0.235 e. The third-order valence-corrected chi connectivity index (χ3v) is 5.19. The normalized spacial score (nSPS) is 11.2. The van der Waals surface area contributed by atoms with Gasteiger partial charge in [0.1, 0.15) is 5.01 Å². The molecule has 4 nitrogen and oxygen atoms in total. The summed E-state index contributed by atoms with van der Waals surface area (Å²) >= 11 is 8.41. The number of hydrogen-bond donors (Lipinski definition) is 0. The number of rotatable bonds is 2. The molecule has 2 aromatic carbocycles. The molecular formula is C15H8Br2N4S. The second-order valence-corrected chi connectivity index (χ2v) is 7.43. The second kappa shape index (κ2) is 5.57. The maximum Gasteiger partial charge on any atom is 0.235 e. The SMILES string of the molecule is Brc1ccc(-c2nn3c(-c4ccc(Br)cc4)nnc3s2)cc1. The van der Waals surface area contributed by atoms with E-state index in [1.807, 2.05) is 48.5 Å². The fraction of sp³-hybridized carbons (Fsp3) is 0. The van der Waals surface area contributed by atoms with Gasteiger partial charge in [0.15, 0.2) is 5.82 Å². The van der Waals surface area contributed by atoms with Crippen molar-refractivity contribution in [2.75, 3.05) is 0 Å². The van der Waals surface area contributed by atoms with Crippen molar-refractivity contribution in [2.45, 2.75) is 0 Å². The van der Waals surface area contributed by atoms with Crippen LogP contribution in [0.3, 0.4) is 0 Å². The quantitative estimate of drug-likeness (QED) is 0.442. The van der Waals surface area contributed by atoms with E-state index in [1.54, 1.807) is 4.52 Å². The number of aromatic nitrogens is 4. The summed E-state index contributed by atoms with van der Waals surface area (Å²) < 4.78 is 3.88. The van der Waals surface area contributed by atoms with Gasteiger partial charge in [-0.25, -0.2) is 0 Å². The fourth-order valence-corrected chi connectivity index (χ4v) is 3.48. The van der Waals surface area contributed by atoms with Gasteiger partial charge in [-0.15, -0.1) is 10.2 Å². The first kappa shape index (κ1) is 14.0. The fourth-order valence-electron chi connectivity index (χ4n) is 2.11. The molecule has 0 aliphatic rings. The van der Waals surface area contributed by atoms with Crippen LogP contribution in [-0.2, 0) is 0 Å². The molecule has 0 aliphatic heterocycles. The summed E-state index contributed by atoms with van der Waals surface area (Å²) in [7, 11) is 0. The number of benzene rings is 2. The van der Waals surface area contributed by atoms with Crippen LogP contribution in [0, 0.1) is 0 Å². The van der Waals surface area contributed by atoms with Crippen molar-refractivity contribution in [3.05, 3.63) is 57.5 Å². The van der Waals surface area contributed by atoms with Gasteiger partial charge in [-0.3, -0.25) is 0 Å². The van der Waals surface area contributed by atoms with Crippen molar-refractivity contribution in [3.63, 3.8) is 0 Å². The number of nitrogens with zero attached hydrogens (tertiary/aromatic N) is 4. The van der Waals surface area contributed by atoms with Gasteiger partial charge in [0.05, 0.1) is 0 Å².